The summed E-state index contributed by atoms with van der Waals surface area (Å²) in [6.07, 6.45) is 0. The highest BCUT2D eigenvalue weighted by Gasteiger charge is 2.48. The first-order valence-electron chi connectivity index (χ1n) is 6.04. The van der Waals surface area contributed by atoms with Crippen LogP contribution < -0.4 is 10.1 Å². The van der Waals surface area contributed by atoms with Crippen molar-refractivity contribution in [1.29, 1.82) is 0 Å². The van der Waals surface area contributed by atoms with Gasteiger partial charge in [-0.1, -0.05) is 18.2 Å². The third-order valence-electron chi connectivity index (χ3n) is 3.46. The number of ether oxygens (including phenoxy) is 1. The number of fused-ring (bicyclic) bond motifs is 1. The maximum absolute atomic E-state index is 14.0. The summed E-state index contributed by atoms with van der Waals surface area (Å²) in [5.74, 6) is -0.832. The van der Waals surface area contributed by atoms with Crippen LogP contribution in [0.1, 0.15) is 11.1 Å². The quantitative estimate of drug-likeness (QED) is 0.880. The van der Waals surface area contributed by atoms with E-state index in [-0.39, 0.29) is 11.1 Å². The molecule has 0 aromatic heterocycles. The lowest BCUT2D eigenvalue weighted by molar-refractivity contribution is -0.129. The maximum atomic E-state index is 14.0. The van der Waals surface area contributed by atoms with Crippen LogP contribution in [-0.2, 0) is 10.4 Å². The van der Waals surface area contributed by atoms with Crippen LogP contribution >= 0.6 is 0 Å². The zero-order valence-electron chi connectivity index (χ0n) is 10.7. The normalized spacial score (nSPS) is 20.4. The predicted molar refractivity (Wildman–Crippen MR) is 71.0 cm³/mol. The number of amides is 1. The number of anilines is 1. The van der Waals surface area contributed by atoms with E-state index >= 15 is 0 Å². The van der Waals surface area contributed by atoms with E-state index in [1.807, 2.05) is 0 Å². The van der Waals surface area contributed by atoms with Gasteiger partial charge >= 0.3 is 0 Å². The Labute approximate surface area is 114 Å². The summed E-state index contributed by atoms with van der Waals surface area (Å²) in [7, 11) is 1.48. The van der Waals surface area contributed by atoms with Gasteiger partial charge < -0.3 is 15.2 Å². The summed E-state index contributed by atoms with van der Waals surface area (Å²) >= 11 is 0. The standard InChI is InChI=1S/C15H12FNO3/c1-20-9-6-7-13-11(8-9)15(19,14(18)17-13)10-4-2-3-5-12(10)16/h2-8,19H,1H3,(H,17,18). The second-order valence-corrected chi connectivity index (χ2v) is 4.56. The van der Waals surface area contributed by atoms with Crippen LogP contribution in [0.4, 0.5) is 10.1 Å². The van der Waals surface area contributed by atoms with Crippen LogP contribution in [0.5, 0.6) is 5.75 Å². The average molecular weight is 273 g/mol. The monoisotopic (exact) mass is 273 g/mol. The van der Waals surface area contributed by atoms with E-state index in [1.165, 1.54) is 31.4 Å². The highest BCUT2D eigenvalue weighted by atomic mass is 19.1. The largest absolute Gasteiger partial charge is 0.497 e. The Hall–Kier alpha value is -2.40. The Morgan fingerprint density at radius 3 is 2.65 bits per heavy atom. The minimum atomic E-state index is -2.05. The van der Waals surface area contributed by atoms with E-state index in [9.17, 15) is 14.3 Å². The molecule has 1 unspecified atom stereocenters. The van der Waals surface area contributed by atoms with Crippen LogP contribution in [-0.4, -0.2) is 18.1 Å². The molecule has 3 rings (SSSR count). The number of carbonyl (C=O) groups is 1. The number of nitrogens with one attached hydrogen (secondary N) is 1. The van der Waals surface area contributed by atoms with Crippen molar-refractivity contribution in [2.45, 2.75) is 5.60 Å². The molecule has 4 nitrogen and oxygen atoms in total. The Morgan fingerprint density at radius 2 is 1.95 bits per heavy atom. The number of hydrogen-bond donors (Lipinski definition) is 2. The Morgan fingerprint density at radius 1 is 1.20 bits per heavy atom. The Kier molecular flexibility index (Phi) is 2.72. The van der Waals surface area contributed by atoms with Crippen LogP contribution in [0.15, 0.2) is 42.5 Å². The van der Waals surface area contributed by atoms with E-state index in [4.69, 9.17) is 4.74 Å². The van der Waals surface area contributed by atoms with Gasteiger partial charge in [-0.15, -0.1) is 0 Å². The molecule has 0 saturated heterocycles. The Balaban J connectivity index is 2.25. The minimum absolute atomic E-state index is 0.0792. The molecule has 0 radical (unpaired) electrons. The SMILES string of the molecule is COc1ccc2c(c1)C(O)(c1ccccc1F)C(=O)N2. The highest BCUT2D eigenvalue weighted by Crippen LogP contribution is 2.43. The summed E-state index contributed by atoms with van der Waals surface area (Å²) in [6.45, 7) is 0. The van der Waals surface area contributed by atoms with Crippen LogP contribution in [0.3, 0.4) is 0 Å². The van der Waals surface area contributed by atoms with Gasteiger partial charge in [-0.25, -0.2) is 4.39 Å². The van der Waals surface area contributed by atoms with Gasteiger partial charge in [-0.3, -0.25) is 4.79 Å². The predicted octanol–water partition coefficient (Wildman–Crippen LogP) is 2.02. The van der Waals surface area contributed by atoms with Crippen LogP contribution in [0, 0.1) is 5.82 Å². The molecule has 1 aliphatic rings. The fourth-order valence-electron chi connectivity index (χ4n) is 2.42. The molecule has 1 amide bonds. The maximum Gasteiger partial charge on any atom is 0.265 e. The van der Waals surface area contributed by atoms with Gasteiger partial charge in [0, 0.05) is 16.8 Å². The van der Waals surface area contributed by atoms with Crippen molar-refractivity contribution < 1.29 is 19.0 Å². The molecule has 0 bridgehead atoms. The lowest BCUT2D eigenvalue weighted by Crippen LogP contribution is -2.36. The first kappa shape index (κ1) is 12.6. The molecular weight excluding hydrogens is 261 g/mol. The van der Waals surface area contributed by atoms with Crippen molar-refractivity contribution >= 4 is 11.6 Å². The van der Waals surface area contributed by atoms with E-state index < -0.39 is 17.3 Å². The van der Waals surface area contributed by atoms with Gasteiger partial charge in [0.2, 0.25) is 0 Å². The number of aliphatic hydroxyl groups is 1. The lowest BCUT2D eigenvalue weighted by atomic mass is 9.87. The van der Waals surface area contributed by atoms with Gasteiger partial charge in [-0.05, 0) is 24.3 Å². The molecule has 0 fully saturated rings. The molecule has 1 heterocycles. The third-order valence-corrected chi connectivity index (χ3v) is 3.46. The second kappa shape index (κ2) is 4.31. The number of carbonyl (C=O) groups excluding carboxylic acids is 1. The van der Waals surface area contributed by atoms with E-state index in [1.54, 1.807) is 18.2 Å². The summed E-state index contributed by atoms with van der Waals surface area (Å²) in [4.78, 5) is 12.1. The molecule has 2 aromatic rings. The van der Waals surface area contributed by atoms with Gasteiger partial charge in [0.1, 0.15) is 11.6 Å². The van der Waals surface area contributed by atoms with Gasteiger partial charge in [0.05, 0.1) is 7.11 Å². The summed E-state index contributed by atoms with van der Waals surface area (Å²) < 4.78 is 19.1. The van der Waals surface area contributed by atoms with Gasteiger partial charge in [0.15, 0.2) is 5.60 Å². The third kappa shape index (κ3) is 1.60. The fourth-order valence-corrected chi connectivity index (χ4v) is 2.42. The molecule has 2 N–H and O–H groups in total. The minimum Gasteiger partial charge on any atom is -0.497 e. The summed E-state index contributed by atoms with van der Waals surface area (Å²) in [5, 5.41) is 13.3. The topological polar surface area (TPSA) is 58.6 Å². The zero-order valence-corrected chi connectivity index (χ0v) is 10.7. The Bertz CT molecular complexity index is 701. The summed E-state index contributed by atoms with van der Waals surface area (Å²) in [5.41, 5.74) is -1.40. The van der Waals surface area contributed by atoms with Crippen molar-refractivity contribution in [1.82, 2.24) is 0 Å². The first-order valence-corrected chi connectivity index (χ1v) is 6.04. The number of benzene rings is 2. The van der Waals surface area contributed by atoms with E-state index in [2.05, 4.69) is 5.32 Å². The number of methoxy groups -OCH3 is 1. The van der Waals surface area contributed by atoms with Crippen molar-refractivity contribution in [3.05, 3.63) is 59.4 Å². The molecule has 1 atom stereocenters. The zero-order chi connectivity index (χ0) is 14.3. The van der Waals surface area contributed by atoms with Crippen LogP contribution in [0.25, 0.3) is 0 Å². The van der Waals surface area contributed by atoms with Crippen molar-refractivity contribution in [2.75, 3.05) is 12.4 Å². The number of rotatable bonds is 2. The van der Waals surface area contributed by atoms with E-state index in [0.717, 1.165) is 0 Å². The van der Waals surface area contributed by atoms with Crippen molar-refractivity contribution in [2.24, 2.45) is 0 Å². The van der Waals surface area contributed by atoms with Crippen molar-refractivity contribution in [3.8, 4) is 5.75 Å². The molecule has 1 aliphatic heterocycles. The molecular formula is C15H12FNO3. The molecule has 0 spiro atoms. The molecule has 102 valence electrons. The average Bonchev–Trinajstić information content (AvgIpc) is 2.71. The van der Waals surface area contributed by atoms with Crippen LogP contribution in [0.2, 0.25) is 0 Å². The first-order chi connectivity index (χ1) is 9.57. The highest BCUT2D eigenvalue weighted by molar-refractivity contribution is 6.07. The van der Waals surface area contributed by atoms with Gasteiger partial charge in [-0.2, -0.15) is 0 Å². The number of halogens is 1. The molecule has 5 heteroatoms. The fraction of sp³-hybridized carbons (Fsp3) is 0.133. The second-order valence-electron chi connectivity index (χ2n) is 4.56. The number of hydrogen-bond acceptors (Lipinski definition) is 3. The van der Waals surface area contributed by atoms with Crippen molar-refractivity contribution in [3.63, 3.8) is 0 Å². The molecule has 0 saturated carbocycles. The molecule has 20 heavy (non-hydrogen) atoms. The molecule has 0 aliphatic carbocycles. The van der Waals surface area contributed by atoms with Gasteiger partial charge in [0.25, 0.3) is 5.91 Å². The lowest BCUT2D eigenvalue weighted by Gasteiger charge is -2.22. The van der Waals surface area contributed by atoms with E-state index in [0.29, 0.717) is 11.4 Å². The molecule has 2 aromatic carbocycles. The summed E-state index contributed by atoms with van der Waals surface area (Å²) in [6, 6.07) is 10.5. The smallest absolute Gasteiger partial charge is 0.265 e.